The zero-order valence-electron chi connectivity index (χ0n) is 13.8. The summed E-state index contributed by atoms with van der Waals surface area (Å²) in [6, 6.07) is 9.06. The topological polar surface area (TPSA) is 89.2 Å². The van der Waals surface area contributed by atoms with Gasteiger partial charge in [-0.15, -0.1) is 0 Å². The number of carboxylic acids is 1. The fraction of sp³-hybridized carbons (Fsp3) is 0.167. The normalized spacial score (nSPS) is 17.2. The van der Waals surface area contributed by atoms with Crippen molar-refractivity contribution in [1.29, 1.82) is 0 Å². The standard InChI is InChI=1S/C18H13NO6S2/c20-16(21)5-6-19-17(22)15(27-18(19)26)8-11-2-4-12(25-11)10-1-3-13-14(7-10)24-9-23-13/h1-4,7-8H,5-6,9H2,(H,20,21). The Morgan fingerprint density at radius 2 is 2.07 bits per heavy atom. The predicted molar refractivity (Wildman–Crippen MR) is 102 cm³/mol. The highest BCUT2D eigenvalue weighted by Gasteiger charge is 2.32. The molecule has 2 aliphatic heterocycles. The predicted octanol–water partition coefficient (Wildman–Crippen LogP) is 3.35. The van der Waals surface area contributed by atoms with Crippen molar-refractivity contribution in [3.63, 3.8) is 0 Å². The first-order valence-electron chi connectivity index (χ1n) is 7.98. The van der Waals surface area contributed by atoms with Gasteiger partial charge in [-0.25, -0.2) is 0 Å². The second-order valence-corrected chi connectivity index (χ2v) is 7.42. The number of ether oxygens (including phenoxy) is 2. The third-order valence-corrected chi connectivity index (χ3v) is 5.36. The van der Waals surface area contributed by atoms with Crippen LogP contribution in [-0.4, -0.2) is 39.5 Å². The minimum absolute atomic E-state index is 0.0535. The number of hydrogen-bond donors (Lipinski definition) is 1. The molecule has 4 rings (SSSR count). The summed E-state index contributed by atoms with van der Waals surface area (Å²) in [5, 5.41) is 8.78. The van der Waals surface area contributed by atoms with Crippen LogP contribution in [0.15, 0.2) is 39.7 Å². The molecule has 0 aliphatic carbocycles. The third kappa shape index (κ3) is 3.56. The highest BCUT2D eigenvalue weighted by atomic mass is 32.2. The van der Waals surface area contributed by atoms with E-state index >= 15 is 0 Å². The Labute approximate surface area is 163 Å². The van der Waals surface area contributed by atoms with E-state index in [1.165, 1.54) is 4.90 Å². The Morgan fingerprint density at radius 3 is 2.89 bits per heavy atom. The highest BCUT2D eigenvalue weighted by molar-refractivity contribution is 8.26. The lowest BCUT2D eigenvalue weighted by molar-refractivity contribution is -0.137. The Morgan fingerprint density at radius 1 is 1.26 bits per heavy atom. The number of thiocarbonyl (C=S) groups is 1. The van der Waals surface area contributed by atoms with Crippen molar-refractivity contribution in [3.05, 3.63) is 41.0 Å². The number of rotatable bonds is 5. The molecule has 0 unspecified atom stereocenters. The summed E-state index contributed by atoms with van der Waals surface area (Å²) in [5.74, 6) is 1.18. The maximum atomic E-state index is 12.4. The number of fused-ring (bicyclic) bond motifs is 1. The molecule has 7 nitrogen and oxygen atoms in total. The highest BCUT2D eigenvalue weighted by Crippen LogP contribution is 2.37. The van der Waals surface area contributed by atoms with Crippen molar-refractivity contribution in [2.45, 2.75) is 6.42 Å². The molecule has 0 atom stereocenters. The van der Waals surface area contributed by atoms with E-state index in [9.17, 15) is 9.59 Å². The second-order valence-electron chi connectivity index (χ2n) is 5.75. The number of carbonyl (C=O) groups is 2. The molecule has 1 aromatic carbocycles. The summed E-state index contributed by atoms with van der Waals surface area (Å²) in [4.78, 5) is 24.8. The van der Waals surface area contributed by atoms with Crippen LogP contribution in [0.3, 0.4) is 0 Å². The minimum atomic E-state index is -0.979. The number of carboxylic acid groups (broad SMARTS) is 1. The van der Waals surface area contributed by atoms with Crippen LogP contribution in [-0.2, 0) is 9.59 Å². The average molecular weight is 403 g/mol. The number of benzene rings is 1. The summed E-state index contributed by atoms with van der Waals surface area (Å²) < 4.78 is 16.8. The van der Waals surface area contributed by atoms with E-state index < -0.39 is 5.97 Å². The largest absolute Gasteiger partial charge is 0.481 e. The van der Waals surface area contributed by atoms with Gasteiger partial charge in [0.2, 0.25) is 6.79 Å². The lowest BCUT2D eigenvalue weighted by atomic mass is 10.1. The average Bonchev–Trinajstić information content (AvgIpc) is 3.34. The van der Waals surface area contributed by atoms with Crippen LogP contribution in [0.4, 0.5) is 0 Å². The smallest absolute Gasteiger partial charge is 0.305 e. The fourth-order valence-corrected chi connectivity index (χ4v) is 3.95. The minimum Gasteiger partial charge on any atom is -0.481 e. The van der Waals surface area contributed by atoms with Gasteiger partial charge in [-0.3, -0.25) is 14.5 Å². The lowest BCUT2D eigenvalue weighted by Gasteiger charge is -2.12. The molecule has 0 saturated carbocycles. The summed E-state index contributed by atoms with van der Waals surface area (Å²) in [7, 11) is 0. The Hall–Kier alpha value is -2.78. The number of aliphatic carboxylic acids is 1. The van der Waals surface area contributed by atoms with Crippen molar-refractivity contribution in [2.75, 3.05) is 13.3 Å². The van der Waals surface area contributed by atoms with E-state index in [2.05, 4.69) is 0 Å². The molecule has 1 fully saturated rings. The summed E-state index contributed by atoms with van der Waals surface area (Å²) in [5.41, 5.74) is 0.827. The third-order valence-electron chi connectivity index (χ3n) is 3.98. The number of hydrogen-bond acceptors (Lipinski definition) is 7. The van der Waals surface area contributed by atoms with Gasteiger partial charge >= 0.3 is 5.97 Å². The molecule has 1 N–H and O–H groups in total. The first-order chi connectivity index (χ1) is 13.0. The monoisotopic (exact) mass is 403 g/mol. The number of carbonyl (C=O) groups excluding carboxylic acids is 1. The lowest BCUT2D eigenvalue weighted by Crippen LogP contribution is -2.30. The number of nitrogens with zero attached hydrogens (tertiary/aromatic N) is 1. The van der Waals surface area contributed by atoms with Crippen LogP contribution in [0.25, 0.3) is 17.4 Å². The molecule has 9 heteroatoms. The van der Waals surface area contributed by atoms with E-state index in [4.69, 9.17) is 31.2 Å². The van der Waals surface area contributed by atoms with Crippen molar-refractivity contribution in [2.24, 2.45) is 0 Å². The maximum absolute atomic E-state index is 12.4. The molecule has 0 bridgehead atoms. The van der Waals surface area contributed by atoms with Crippen LogP contribution in [0.2, 0.25) is 0 Å². The molecule has 1 amide bonds. The van der Waals surface area contributed by atoms with Crippen molar-refractivity contribution in [1.82, 2.24) is 4.90 Å². The molecule has 2 aromatic rings. The van der Waals surface area contributed by atoms with E-state index in [0.29, 0.717) is 32.2 Å². The molecule has 0 spiro atoms. The first kappa shape index (κ1) is 17.6. The zero-order valence-corrected chi connectivity index (χ0v) is 15.5. The summed E-state index contributed by atoms with van der Waals surface area (Å²) in [6.07, 6.45) is 1.45. The zero-order chi connectivity index (χ0) is 19.0. The summed E-state index contributed by atoms with van der Waals surface area (Å²) in [6.45, 7) is 0.254. The van der Waals surface area contributed by atoms with Gasteiger partial charge in [0.05, 0.1) is 11.3 Å². The van der Waals surface area contributed by atoms with Gasteiger partial charge < -0.3 is 19.0 Å². The number of furan rings is 1. The van der Waals surface area contributed by atoms with Gasteiger partial charge in [0.1, 0.15) is 15.8 Å². The van der Waals surface area contributed by atoms with Gasteiger partial charge in [0.15, 0.2) is 11.5 Å². The summed E-state index contributed by atoms with van der Waals surface area (Å²) >= 11 is 6.30. The first-order valence-corrected chi connectivity index (χ1v) is 9.21. The molecule has 1 aromatic heterocycles. The van der Waals surface area contributed by atoms with Crippen LogP contribution in [0, 0.1) is 0 Å². The van der Waals surface area contributed by atoms with Crippen molar-refractivity contribution < 1.29 is 28.6 Å². The fourth-order valence-electron chi connectivity index (χ4n) is 2.66. The molecular weight excluding hydrogens is 390 g/mol. The molecule has 27 heavy (non-hydrogen) atoms. The number of thioether (sulfide) groups is 1. The van der Waals surface area contributed by atoms with Crippen LogP contribution in [0.5, 0.6) is 11.5 Å². The Balaban J connectivity index is 1.53. The molecule has 3 heterocycles. The van der Waals surface area contributed by atoms with E-state index in [1.54, 1.807) is 18.2 Å². The second kappa shape index (κ2) is 7.09. The van der Waals surface area contributed by atoms with Crippen molar-refractivity contribution >= 4 is 46.3 Å². The molecule has 0 radical (unpaired) electrons. The SMILES string of the molecule is O=C(O)CCN1C(=O)C(=Cc2ccc(-c3ccc4c(c3)OCO4)o2)SC1=S. The van der Waals surface area contributed by atoms with Crippen LogP contribution < -0.4 is 9.47 Å². The van der Waals surface area contributed by atoms with Crippen LogP contribution >= 0.6 is 24.0 Å². The van der Waals surface area contributed by atoms with E-state index in [-0.39, 0.29) is 25.7 Å². The van der Waals surface area contributed by atoms with Gasteiger partial charge in [0.25, 0.3) is 5.91 Å². The van der Waals surface area contributed by atoms with E-state index in [0.717, 1.165) is 17.3 Å². The number of amides is 1. The van der Waals surface area contributed by atoms with E-state index in [1.807, 2.05) is 18.2 Å². The molecule has 2 aliphatic rings. The molecule has 138 valence electrons. The van der Waals surface area contributed by atoms with Gasteiger partial charge in [0, 0.05) is 18.2 Å². The quantitative estimate of drug-likeness (QED) is 0.601. The van der Waals surface area contributed by atoms with Crippen molar-refractivity contribution in [3.8, 4) is 22.8 Å². The van der Waals surface area contributed by atoms with Crippen LogP contribution in [0.1, 0.15) is 12.2 Å². The van der Waals surface area contributed by atoms with Gasteiger partial charge in [-0.2, -0.15) is 0 Å². The van der Waals surface area contributed by atoms with Gasteiger partial charge in [-0.1, -0.05) is 24.0 Å². The Bertz CT molecular complexity index is 980. The Kier molecular flexibility index (Phi) is 4.63. The maximum Gasteiger partial charge on any atom is 0.305 e. The molecular formula is C18H13NO6S2. The molecule has 1 saturated heterocycles. The van der Waals surface area contributed by atoms with Gasteiger partial charge in [-0.05, 0) is 30.3 Å².